The topological polar surface area (TPSA) is 66.1 Å². The number of hydrogen-bond donors (Lipinski definition) is 1. The summed E-state index contributed by atoms with van der Waals surface area (Å²) in [6.07, 6.45) is 3.35. The van der Waals surface area contributed by atoms with Gasteiger partial charge in [0.2, 0.25) is 5.91 Å². The van der Waals surface area contributed by atoms with Crippen LogP contribution in [0.1, 0.15) is 24.5 Å². The Morgan fingerprint density at radius 2 is 2.08 bits per heavy atom. The van der Waals surface area contributed by atoms with E-state index in [4.69, 9.17) is 0 Å². The molecule has 3 aromatic rings. The number of carbonyl (C=O) groups is 1. The van der Waals surface area contributed by atoms with Crippen molar-refractivity contribution in [2.45, 2.75) is 26.4 Å². The number of halogens is 1. The lowest BCUT2D eigenvalue weighted by Crippen LogP contribution is -2.36. The van der Waals surface area contributed by atoms with Crippen LogP contribution in [-0.4, -0.2) is 26.8 Å². The van der Waals surface area contributed by atoms with Crippen LogP contribution in [0, 0.1) is 0 Å². The third-order valence-electron chi connectivity index (χ3n) is 3.87. The van der Waals surface area contributed by atoms with Crippen molar-refractivity contribution >= 4 is 50.2 Å². The van der Waals surface area contributed by atoms with Crippen LogP contribution in [0.4, 0.5) is 0 Å². The van der Waals surface area contributed by atoms with E-state index in [9.17, 15) is 9.59 Å². The van der Waals surface area contributed by atoms with Crippen LogP contribution >= 0.6 is 27.3 Å². The second kappa shape index (κ2) is 7.97. The lowest BCUT2D eigenvalue weighted by Gasteiger charge is -2.25. The molecule has 0 aliphatic heterocycles. The Hall–Kier alpha value is -2.25. The molecule has 0 radical (unpaired) electrons. The van der Waals surface area contributed by atoms with Gasteiger partial charge in [0, 0.05) is 17.0 Å². The Kier molecular flexibility index (Phi) is 5.68. The minimum atomic E-state index is -0.194. The third-order valence-corrected chi connectivity index (χ3v) is 5.46. The predicted octanol–water partition coefficient (Wildman–Crippen LogP) is 4.20. The van der Waals surface area contributed by atoms with Crippen LogP contribution in [0.5, 0.6) is 0 Å². The van der Waals surface area contributed by atoms with E-state index < -0.39 is 0 Å². The summed E-state index contributed by atoms with van der Waals surface area (Å²) < 4.78 is 1.02. The van der Waals surface area contributed by atoms with E-state index in [0.717, 1.165) is 8.66 Å². The maximum Gasteiger partial charge on any atom is 0.258 e. The van der Waals surface area contributed by atoms with Crippen LogP contribution in [0.25, 0.3) is 17.0 Å². The first-order chi connectivity index (χ1) is 12.4. The molecule has 0 spiro atoms. The second-order valence-electron chi connectivity index (χ2n) is 6.06. The number of aromatic amines is 1. The number of nitrogens with one attached hydrogen (secondary N) is 1. The Morgan fingerprint density at radius 3 is 2.77 bits per heavy atom. The summed E-state index contributed by atoms with van der Waals surface area (Å²) in [6, 6.07) is 11.0. The Morgan fingerprint density at radius 1 is 1.31 bits per heavy atom. The second-order valence-corrected chi connectivity index (χ2v) is 8.56. The van der Waals surface area contributed by atoms with Gasteiger partial charge in [-0.1, -0.05) is 12.1 Å². The molecular weight excluding hydrogens is 414 g/mol. The molecule has 0 saturated carbocycles. The average molecular weight is 432 g/mol. The highest BCUT2D eigenvalue weighted by Crippen LogP contribution is 2.23. The smallest absolute Gasteiger partial charge is 0.258 e. The number of nitrogens with zero attached hydrogens (tertiary/aromatic N) is 2. The summed E-state index contributed by atoms with van der Waals surface area (Å²) in [7, 11) is 0. The van der Waals surface area contributed by atoms with Gasteiger partial charge in [-0.2, -0.15) is 0 Å². The molecule has 0 saturated heterocycles. The van der Waals surface area contributed by atoms with E-state index in [0.29, 0.717) is 16.7 Å². The number of para-hydroxylation sites is 1. The minimum absolute atomic E-state index is 0.0287. The van der Waals surface area contributed by atoms with Gasteiger partial charge in [0.15, 0.2) is 0 Å². The minimum Gasteiger partial charge on any atom is -0.329 e. The Balaban J connectivity index is 1.83. The van der Waals surface area contributed by atoms with Gasteiger partial charge in [-0.05, 0) is 60.1 Å². The van der Waals surface area contributed by atoms with Gasteiger partial charge in [0.25, 0.3) is 5.56 Å². The molecule has 2 heterocycles. The number of hydrogen-bond acceptors (Lipinski definition) is 4. The first-order valence-corrected chi connectivity index (χ1v) is 9.77. The standard InChI is InChI=1S/C19H18BrN3O2S/c1-12(2)23(18(24)10-8-13-7-9-16(20)26-13)11-17-21-15-6-4-3-5-14(15)19(25)22-17/h3-10,12H,11H2,1-2H3,(H,21,22,25). The number of fused-ring (bicyclic) bond motifs is 1. The highest BCUT2D eigenvalue weighted by atomic mass is 79.9. The van der Waals surface area contributed by atoms with Gasteiger partial charge in [-0.15, -0.1) is 11.3 Å². The number of thiophene rings is 1. The van der Waals surface area contributed by atoms with Crippen LogP contribution < -0.4 is 5.56 Å². The summed E-state index contributed by atoms with van der Waals surface area (Å²) in [6.45, 7) is 4.12. The SMILES string of the molecule is CC(C)N(Cc1nc2ccccc2c(=O)[nH]1)C(=O)C=Cc1ccc(Br)s1. The zero-order valence-corrected chi connectivity index (χ0v) is 16.8. The monoisotopic (exact) mass is 431 g/mol. The van der Waals surface area contributed by atoms with E-state index >= 15 is 0 Å². The van der Waals surface area contributed by atoms with Crippen LogP contribution in [0.3, 0.4) is 0 Å². The molecule has 2 aromatic heterocycles. The normalized spacial score (nSPS) is 11.5. The molecule has 3 rings (SSSR count). The summed E-state index contributed by atoms with van der Waals surface area (Å²) in [5.41, 5.74) is 0.433. The number of aromatic nitrogens is 2. The van der Waals surface area contributed by atoms with Gasteiger partial charge in [0.05, 0.1) is 21.2 Å². The molecule has 0 aliphatic carbocycles. The molecule has 0 aliphatic rings. The molecule has 1 aromatic carbocycles. The molecular formula is C19H18BrN3O2S. The number of amides is 1. The predicted molar refractivity (Wildman–Crippen MR) is 109 cm³/mol. The number of benzene rings is 1. The van der Waals surface area contributed by atoms with Crippen molar-refractivity contribution in [3.05, 3.63) is 67.3 Å². The van der Waals surface area contributed by atoms with E-state index in [2.05, 4.69) is 25.9 Å². The Bertz CT molecular complexity index is 1020. The lowest BCUT2D eigenvalue weighted by molar-refractivity contribution is -0.128. The molecule has 1 amide bonds. The molecule has 1 N–H and O–H groups in total. The van der Waals surface area contributed by atoms with Crippen molar-refractivity contribution in [2.24, 2.45) is 0 Å². The van der Waals surface area contributed by atoms with Crippen molar-refractivity contribution in [1.82, 2.24) is 14.9 Å². The molecule has 0 fully saturated rings. The first-order valence-electron chi connectivity index (χ1n) is 8.16. The van der Waals surface area contributed by atoms with E-state index in [1.54, 1.807) is 46.6 Å². The first kappa shape index (κ1) is 18.5. The molecule has 134 valence electrons. The van der Waals surface area contributed by atoms with Crippen LogP contribution in [0.2, 0.25) is 0 Å². The van der Waals surface area contributed by atoms with Crippen molar-refractivity contribution in [3.63, 3.8) is 0 Å². The van der Waals surface area contributed by atoms with Crippen molar-refractivity contribution in [1.29, 1.82) is 0 Å². The highest BCUT2D eigenvalue weighted by molar-refractivity contribution is 9.11. The quantitative estimate of drug-likeness (QED) is 0.615. The molecule has 0 unspecified atom stereocenters. The van der Waals surface area contributed by atoms with Crippen molar-refractivity contribution in [3.8, 4) is 0 Å². The fourth-order valence-electron chi connectivity index (χ4n) is 2.55. The summed E-state index contributed by atoms with van der Waals surface area (Å²) in [5.74, 6) is 0.350. The summed E-state index contributed by atoms with van der Waals surface area (Å²) >= 11 is 4.97. The number of rotatable bonds is 5. The van der Waals surface area contributed by atoms with E-state index in [-0.39, 0.29) is 24.1 Å². The zero-order valence-electron chi connectivity index (χ0n) is 14.4. The molecule has 0 atom stereocenters. The van der Waals surface area contributed by atoms with Gasteiger partial charge in [-0.25, -0.2) is 4.98 Å². The average Bonchev–Trinajstić information content (AvgIpc) is 3.03. The molecule has 0 bridgehead atoms. The molecule has 5 nitrogen and oxygen atoms in total. The van der Waals surface area contributed by atoms with Gasteiger partial charge in [0.1, 0.15) is 5.82 Å². The van der Waals surface area contributed by atoms with Crippen molar-refractivity contribution in [2.75, 3.05) is 0 Å². The molecule has 7 heteroatoms. The van der Waals surface area contributed by atoms with E-state index in [1.807, 2.05) is 32.0 Å². The van der Waals surface area contributed by atoms with Gasteiger partial charge < -0.3 is 9.88 Å². The Labute approximate surface area is 163 Å². The highest BCUT2D eigenvalue weighted by Gasteiger charge is 2.17. The largest absolute Gasteiger partial charge is 0.329 e. The van der Waals surface area contributed by atoms with Crippen LogP contribution in [0.15, 0.2) is 51.1 Å². The van der Waals surface area contributed by atoms with Crippen molar-refractivity contribution < 1.29 is 4.79 Å². The maximum absolute atomic E-state index is 12.6. The third kappa shape index (κ3) is 4.28. The fourth-order valence-corrected chi connectivity index (χ4v) is 3.88. The van der Waals surface area contributed by atoms with Gasteiger partial charge in [-0.3, -0.25) is 9.59 Å². The number of carbonyl (C=O) groups excluding carboxylic acids is 1. The molecule has 26 heavy (non-hydrogen) atoms. The fraction of sp³-hybridized carbons (Fsp3) is 0.211. The van der Waals surface area contributed by atoms with E-state index in [1.165, 1.54) is 0 Å². The summed E-state index contributed by atoms with van der Waals surface area (Å²) in [5, 5.41) is 0.543. The van der Waals surface area contributed by atoms with Gasteiger partial charge >= 0.3 is 0 Å². The van der Waals surface area contributed by atoms with Crippen LogP contribution in [-0.2, 0) is 11.3 Å². The summed E-state index contributed by atoms with van der Waals surface area (Å²) in [4.78, 5) is 34.8. The lowest BCUT2D eigenvalue weighted by atomic mass is 10.2. The maximum atomic E-state index is 12.6. The zero-order chi connectivity index (χ0) is 18.7. The number of H-pyrrole nitrogens is 1.